The number of aliphatic hydroxyl groups excluding tert-OH is 1. The van der Waals surface area contributed by atoms with Crippen molar-refractivity contribution in [3.8, 4) is 5.75 Å². The van der Waals surface area contributed by atoms with E-state index in [9.17, 15) is 5.11 Å². The van der Waals surface area contributed by atoms with Crippen LogP contribution in [0, 0.1) is 0 Å². The number of hydrogen-bond donors (Lipinski definition) is 1. The van der Waals surface area contributed by atoms with Crippen LogP contribution in [0.25, 0.3) is 0 Å². The average molecular weight is 368 g/mol. The fraction of sp³-hybridized carbons (Fsp3) is 0.294. The Morgan fingerprint density at radius 1 is 1.24 bits per heavy atom. The molecule has 0 spiro atoms. The van der Waals surface area contributed by atoms with Crippen molar-refractivity contribution in [2.24, 2.45) is 0 Å². The van der Waals surface area contributed by atoms with Crippen LogP contribution in [-0.2, 0) is 5.41 Å². The summed E-state index contributed by atoms with van der Waals surface area (Å²) in [5, 5.41) is 11.2. The van der Waals surface area contributed by atoms with Crippen LogP contribution in [-0.4, -0.2) is 11.7 Å². The van der Waals surface area contributed by atoms with Crippen molar-refractivity contribution < 1.29 is 9.84 Å². The van der Waals surface area contributed by atoms with Crippen molar-refractivity contribution in [3.05, 3.63) is 62.6 Å². The molecule has 1 unspecified atom stereocenters. The molecule has 0 amide bonds. The maximum atomic E-state index is 10.7. The van der Waals surface area contributed by atoms with Gasteiger partial charge in [-0.05, 0) is 35.9 Å². The highest BCUT2D eigenvalue weighted by Crippen LogP contribution is 2.41. The fourth-order valence-electron chi connectivity index (χ4n) is 2.61. The monoisotopic (exact) mass is 366 g/mol. The molecule has 0 aliphatic carbocycles. The molecule has 0 bridgehead atoms. The molecule has 0 radical (unpaired) electrons. The molecule has 0 fully saturated rings. The first kappa shape index (κ1) is 14.9. The molecule has 0 aromatic heterocycles. The summed E-state index contributed by atoms with van der Waals surface area (Å²) in [7, 11) is 0. The lowest BCUT2D eigenvalue weighted by atomic mass is 9.85. The topological polar surface area (TPSA) is 29.5 Å². The van der Waals surface area contributed by atoms with Gasteiger partial charge in [0.2, 0.25) is 0 Å². The van der Waals surface area contributed by atoms with Gasteiger partial charge in [0.1, 0.15) is 11.9 Å². The van der Waals surface area contributed by atoms with Crippen LogP contribution in [0.15, 0.2) is 40.9 Å². The third-order valence-corrected chi connectivity index (χ3v) is 4.73. The zero-order valence-corrected chi connectivity index (χ0v) is 14.2. The van der Waals surface area contributed by atoms with Crippen LogP contribution in [0.3, 0.4) is 0 Å². The molecule has 0 saturated heterocycles. The first-order valence-corrected chi connectivity index (χ1v) is 7.96. The number of halogens is 2. The van der Waals surface area contributed by atoms with Gasteiger partial charge in [0, 0.05) is 26.0 Å². The highest BCUT2D eigenvalue weighted by Gasteiger charge is 2.32. The second-order valence-electron chi connectivity index (χ2n) is 6.00. The summed E-state index contributed by atoms with van der Waals surface area (Å²) in [6, 6.07) is 11.3. The molecule has 0 saturated carbocycles. The van der Waals surface area contributed by atoms with E-state index in [1.165, 1.54) is 0 Å². The number of aliphatic hydroxyl groups is 1. The Labute approximate surface area is 137 Å². The highest BCUT2D eigenvalue weighted by atomic mass is 79.9. The predicted molar refractivity (Wildman–Crippen MR) is 88.2 cm³/mol. The smallest absolute Gasteiger partial charge is 0.123 e. The van der Waals surface area contributed by atoms with Gasteiger partial charge in [-0.1, -0.05) is 47.4 Å². The van der Waals surface area contributed by atoms with Gasteiger partial charge in [-0.15, -0.1) is 0 Å². The average Bonchev–Trinajstić information content (AvgIpc) is 2.76. The third kappa shape index (κ3) is 2.70. The summed E-state index contributed by atoms with van der Waals surface area (Å²) in [6.07, 6.45) is -0.753. The van der Waals surface area contributed by atoms with E-state index < -0.39 is 6.10 Å². The Kier molecular flexibility index (Phi) is 3.76. The second-order valence-corrected chi connectivity index (χ2v) is 7.32. The molecule has 3 rings (SSSR count). The van der Waals surface area contributed by atoms with Crippen LogP contribution in [0.1, 0.15) is 36.6 Å². The quantitative estimate of drug-likeness (QED) is 0.822. The van der Waals surface area contributed by atoms with Crippen molar-refractivity contribution in [3.63, 3.8) is 0 Å². The van der Waals surface area contributed by atoms with Crippen molar-refractivity contribution >= 4 is 27.5 Å². The van der Waals surface area contributed by atoms with Crippen molar-refractivity contribution in [1.82, 2.24) is 0 Å². The summed E-state index contributed by atoms with van der Waals surface area (Å²) in [5.41, 5.74) is 2.62. The van der Waals surface area contributed by atoms with Crippen LogP contribution in [0.2, 0.25) is 5.02 Å². The second kappa shape index (κ2) is 5.31. The van der Waals surface area contributed by atoms with E-state index in [1.54, 1.807) is 6.07 Å². The number of ether oxygens (including phenoxy) is 1. The SMILES string of the molecule is CC1(C)COc2ccc(C(O)c3cc(Br)ccc3Cl)cc21. The normalized spacial score (nSPS) is 17.2. The molecule has 1 atom stereocenters. The molecule has 2 nitrogen and oxygen atoms in total. The molecule has 4 heteroatoms. The minimum Gasteiger partial charge on any atom is -0.492 e. The molecular weight excluding hydrogens is 352 g/mol. The first-order chi connectivity index (χ1) is 9.88. The van der Waals surface area contributed by atoms with E-state index in [-0.39, 0.29) is 5.41 Å². The van der Waals surface area contributed by atoms with Crippen LogP contribution in [0.4, 0.5) is 0 Å². The van der Waals surface area contributed by atoms with E-state index in [4.69, 9.17) is 16.3 Å². The standard InChI is InChI=1S/C17H16BrClO2/c1-17(2)9-21-15-6-3-10(7-13(15)17)16(20)12-8-11(18)4-5-14(12)19/h3-8,16,20H,9H2,1-2H3. The lowest BCUT2D eigenvalue weighted by Crippen LogP contribution is -2.18. The number of fused-ring (bicyclic) bond motifs is 1. The van der Waals surface area contributed by atoms with E-state index in [2.05, 4.69) is 29.8 Å². The van der Waals surface area contributed by atoms with E-state index >= 15 is 0 Å². The summed E-state index contributed by atoms with van der Waals surface area (Å²) in [4.78, 5) is 0. The van der Waals surface area contributed by atoms with Gasteiger partial charge in [-0.3, -0.25) is 0 Å². The Morgan fingerprint density at radius 3 is 2.76 bits per heavy atom. The first-order valence-electron chi connectivity index (χ1n) is 6.79. The van der Waals surface area contributed by atoms with Gasteiger partial charge in [-0.25, -0.2) is 0 Å². The van der Waals surface area contributed by atoms with E-state index in [0.717, 1.165) is 21.3 Å². The van der Waals surface area contributed by atoms with Crippen LogP contribution in [0.5, 0.6) is 5.75 Å². The molecule has 110 valence electrons. The lowest BCUT2D eigenvalue weighted by Gasteiger charge is -2.18. The van der Waals surface area contributed by atoms with Gasteiger partial charge in [-0.2, -0.15) is 0 Å². The van der Waals surface area contributed by atoms with Crippen molar-refractivity contribution in [1.29, 1.82) is 0 Å². The molecule has 1 aliphatic rings. The Balaban J connectivity index is 2.03. The van der Waals surface area contributed by atoms with Crippen molar-refractivity contribution in [2.45, 2.75) is 25.4 Å². The largest absolute Gasteiger partial charge is 0.492 e. The maximum Gasteiger partial charge on any atom is 0.123 e. The minimum atomic E-state index is -0.753. The Hall–Kier alpha value is -1.03. The van der Waals surface area contributed by atoms with Gasteiger partial charge in [0.15, 0.2) is 0 Å². The molecular formula is C17H16BrClO2. The van der Waals surface area contributed by atoms with Crippen LogP contribution < -0.4 is 4.74 Å². The van der Waals surface area contributed by atoms with Gasteiger partial charge in [0.05, 0.1) is 6.61 Å². The fourth-order valence-corrected chi connectivity index (χ4v) is 3.21. The van der Waals surface area contributed by atoms with E-state index in [0.29, 0.717) is 17.2 Å². The number of hydrogen-bond acceptors (Lipinski definition) is 2. The summed E-state index contributed by atoms with van der Waals surface area (Å²) < 4.78 is 6.58. The number of rotatable bonds is 2. The third-order valence-electron chi connectivity index (χ3n) is 3.89. The molecule has 2 aromatic rings. The van der Waals surface area contributed by atoms with Gasteiger partial charge in [0.25, 0.3) is 0 Å². The summed E-state index contributed by atoms with van der Waals surface area (Å²) in [5.74, 6) is 0.899. The minimum absolute atomic E-state index is 0.0356. The van der Waals surface area contributed by atoms with Crippen LogP contribution >= 0.6 is 27.5 Å². The summed E-state index contributed by atoms with van der Waals surface area (Å²) in [6.45, 7) is 4.95. The molecule has 2 aromatic carbocycles. The number of benzene rings is 2. The predicted octanol–water partition coefficient (Wildman–Crippen LogP) is 4.85. The van der Waals surface area contributed by atoms with Gasteiger partial charge >= 0.3 is 0 Å². The van der Waals surface area contributed by atoms with Crippen molar-refractivity contribution in [2.75, 3.05) is 6.61 Å². The maximum absolute atomic E-state index is 10.7. The lowest BCUT2D eigenvalue weighted by molar-refractivity contribution is 0.220. The Morgan fingerprint density at radius 2 is 2.00 bits per heavy atom. The zero-order valence-electron chi connectivity index (χ0n) is 11.9. The molecule has 1 N–H and O–H groups in total. The molecule has 1 aliphatic heterocycles. The van der Waals surface area contributed by atoms with E-state index in [1.807, 2.05) is 30.3 Å². The van der Waals surface area contributed by atoms with Gasteiger partial charge < -0.3 is 9.84 Å². The Bertz CT molecular complexity index is 697. The zero-order chi connectivity index (χ0) is 15.2. The highest BCUT2D eigenvalue weighted by molar-refractivity contribution is 9.10. The summed E-state index contributed by atoms with van der Waals surface area (Å²) >= 11 is 9.62. The molecule has 21 heavy (non-hydrogen) atoms. The molecule has 1 heterocycles.